The van der Waals surface area contributed by atoms with Crippen molar-refractivity contribution in [1.29, 1.82) is 0 Å². The van der Waals surface area contributed by atoms with Gasteiger partial charge in [-0.15, -0.1) is 0 Å². The van der Waals surface area contributed by atoms with E-state index in [0.29, 0.717) is 18.4 Å². The van der Waals surface area contributed by atoms with Gasteiger partial charge in [0.15, 0.2) is 0 Å². The second-order valence-electron chi connectivity index (χ2n) is 9.85. The van der Waals surface area contributed by atoms with Crippen LogP contribution >= 0.6 is 0 Å². The Morgan fingerprint density at radius 3 is 2.40 bits per heavy atom. The number of aryl methyl sites for hydroxylation is 2. The lowest BCUT2D eigenvalue weighted by atomic mass is 10.1. The van der Waals surface area contributed by atoms with Gasteiger partial charge in [0.1, 0.15) is 17.0 Å². The molecule has 0 spiro atoms. The van der Waals surface area contributed by atoms with Gasteiger partial charge in [-0.2, -0.15) is 13.1 Å². The van der Waals surface area contributed by atoms with Gasteiger partial charge in [0.25, 0.3) is 21.3 Å². The summed E-state index contributed by atoms with van der Waals surface area (Å²) >= 11 is 0. The van der Waals surface area contributed by atoms with Crippen LogP contribution in [-0.2, 0) is 17.3 Å². The molecule has 0 amide bonds. The highest BCUT2D eigenvalue weighted by molar-refractivity contribution is 7.90. The van der Waals surface area contributed by atoms with E-state index >= 15 is 0 Å². The summed E-state index contributed by atoms with van der Waals surface area (Å²) in [6.07, 6.45) is 1.26. The van der Waals surface area contributed by atoms with E-state index in [9.17, 15) is 27.2 Å². The van der Waals surface area contributed by atoms with E-state index in [1.807, 2.05) is 0 Å². The average molecular weight is 569 g/mol. The fraction of sp³-hybridized carbons (Fsp3) is 0.296. The van der Waals surface area contributed by atoms with Crippen LogP contribution in [0.25, 0.3) is 16.6 Å². The monoisotopic (exact) mass is 568 g/mol. The van der Waals surface area contributed by atoms with Crippen LogP contribution in [-0.4, -0.2) is 28.7 Å². The van der Waals surface area contributed by atoms with Gasteiger partial charge >= 0.3 is 5.69 Å². The van der Waals surface area contributed by atoms with Crippen molar-refractivity contribution in [3.63, 3.8) is 0 Å². The van der Waals surface area contributed by atoms with E-state index < -0.39 is 32.8 Å². The van der Waals surface area contributed by atoms with E-state index in [2.05, 4.69) is 14.8 Å². The number of hydrogen-bond acceptors (Lipinski definition) is 6. The highest BCUT2D eigenvalue weighted by Crippen LogP contribution is 2.34. The summed E-state index contributed by atoms with van der Waals surface area (Å²) in [5.41, 5.74) is -0.412. The number of rotatable bonds is 8. The summed E-state index contributed by atoms with van der Waals surface area (Å²) in [5.74, 6) is -0.539. The molecule has 13 heteroatoms. The first-order valence-electron chi connectivity index (χ1n) is 12.8. The Bertz CT molecular complexity index is 1960. The summed E-state index contributed by atoms with van der Waals surface area (Å²) < 4.78 is 47.8. The Labute approximate surface area is 229 Å². The number of pyridine rings is 1. The van der Waals surface area contributed by atoms with Gasteiger partial charge in [0.05, 0.1) is 22.6 Å². The first-order chi connectivity index (χ1) is 18.9. The molecule has 210 valence electrons. The van der Waals surface area contributed by atoms with Crippen molar-refractivity contribution in [1.82, 2.24) is 18.4 Å². The third-order valence-corrected chi connectivity index (χ3v) is 8.00. The Kier molecular flexibility index (Phi) is 6.88. The highest BCUT2D eigenvalue weighted by atomic mass is 32.2. The quantitative estimate of drug-likeness (QED) is 0.299. The predicted molar refractivity (Wildman–Crippen MR) is 153 cm³/mol. The maximum atomic E-state index is 14.9. The number of aromatic nitrogens is 3. The van der Waals surface area contributed by atoms with Crippen LogP contribution in [0.5, 0.6) is 0 Å². The molecule has 0 unspecified atom stereocenters. The summed E-state index contributed by atoms with van der Waals surface area (Å²) in [4.78, 5) is 41.2. The van der Waals surface area contributed by atoms with Crippen LogP contribution < -0.4 is 31.6 Å². The van der Waals surface area contributed by atoms with Gasteiger partial charge in [-0.1, -0.05) is 19.1 Å². The number of benzene rings is 2. The van der Waals surface area contributed by atoms with Gasteiger partial charge in [-0.25, -0.2) is 9.18 Å². The molecule has 0 bridgehead atoms. The molecule has 3 N–H and O–H groups in total. The summed E-state index contributed by atoms with van der Waals surface area (Å²) in [6.45, 7) is 5.06. The zero-order valence-corrected chi connectivity index (χ0v) is 23.2. The van der Waals surface area contributed by atoms with Crippen molar-refractivity contribution in [3.8, 4) is 5.69 Å². The summed E-state index contributed by atoms with van der Waals surface area (Å²) in [6, 6.07) is 10.3. The third kappa shape index (κ3) is 4.82. The zero-order valence-electron chi connectivity index (χ0n) is 22.4. The van der Waals surface area contributed by atoms with Crippen molar-refractivity contribution in [2.24, 2.45) is 7.05 Å². The molecule has 2 aromatic heterocycles. The van der Waals surface area contributed by atoms with E-state index in [4.69, 9.17) is 0 Å². The van der Waals surface area contributed by atoms with Gasteiger partial charge in [-0.05, 0) is 62.6 Å². The van der Waals surface area contributed by atoms with Crippen LogP contribution in [0.15, 0.2) is 56.8 Å². The van der Waals surface area contributed by atoms with E-state index in [1.165, 1.54) is 47.4 Å². The molecule has 0 aliphatic heterocycles. The lowest BCUT2D eigenvalue weighted by Crippen LogP contribution is -2.41. The first kappa shape index (κ1) is 27.3. The molecule has 2 aromatic carbocycles. The fourth-order valence-corrected chi connectivity index (χ4v) is 5.68. The lowest BCUT2D eigenvalue weighted by Gasteiger charge is -2.21. The van der Waals surface area contributed by atoms with Crippen LogP contribution in [0.3, 0.4) is 0 Å². The van der Waals surface area contributed by atoms with Crippen LogP contribution in [0.2, 0.25) is 0 Å². The van der Waals surface area contributed by atoms with Crippen LogP contribution in [0, 0.1) is 19.7 Å². The SMILES string of the molecule is CCNS(=O)(=O)Nc1cccc(-n2c(=O)n(C3CC3)c(=O)c3c(Nc4ccc(C)cc4F)n(C)c(=O)c(C)c32)c1. The number of nitrogens with zero attached hydrogens (tertiary/aromatic N) is 3. The summed E-state index contributed by atoms with van der Waals surface area (Å²) in [7, 11) is -2.40. The molecule has 0 atom stereocenters. The second kappa shape index (κ2) is 10.1. The second-order valence-corrected chi connectivity index (χ2v) is 11.3. The van der Waals surface area contributed by atoms with Crippen LogP contribution in [0.1, 0.15) is 36.9 Å². The normalized spacial score (nSPS) is 13.5. The number of halogens is 1. The lowest BCUT2D eigenvalue weighted by molar-refractivity contribution is 0.589. The largest absolute Gasteiger partial charge is 0.338 e. The van der Waals surface area contributed by atoms with Crippen molar-refractivity contribution < 1.29 is 12.8 Å². The molecular formula is C27H29FN6O5S. The molecule has 5 rings (SSSR count). The molecule has 1 saturated carbocycles. The number of nitrogens with one attached hydrogen (secondary N) is 3. The maximum Gasteiger partial charge on any atom is 0.336 e. The van der Waals surface area contributed by atoms with Gasteiger partial charge in [0.2, 0.25) is 0 Å². The summed E-state index contributed by atoms with van der Waals surface area (Å²) in [5, 5.41) is 2.95. The van der Waals surface area contributed by atoms with E-state index in [0.717, 1.165) is 4.57 Å². The molecule has 2 heterocycles. The Balaban J connectivity index is 1.85. The number of anilines is 3. The molecule has 0 saturated heterocycles. The minimum absolute atomic E-state index is 0.0321. The third-order valence-electron chi connectivity index (χ3n) is 6.82. The average Bonchev–Trinajstić information content (AvgIpc) is 3.71. The molecule has 1 aliphatic rings. The Morgan fingerprint density at radius 1 is 1.02 bits per heavy atom. The highest BCUT2D eigenvalue weighted by Gasteiger charge is 2.31. The number of fused-ring (bicyclic) bond motifs is 1. The van der Waals surface area contributed by atoms with Gasteiger partial charge < -0.3 is 5.32 Å². The molecule has 1 fully saturated rings. The van der Waals surface area contributed by atoms with Crippen molar-refractivity contribution in [2.45, 2.75) is 39.7 Å². The minimum Gasteiger partial charge on any atom is -0.338 e. The molecule has 11 nitrogen and oxygen atoms in total. The minimum atomic E-state index is -3.87. The Hall–Kier alpha value is -4.23. The molecule has 4 aromatic rings. The van der Waals surface area contributed by atoms with Crippen molar-refractivity contribution in [3.05, 3.63) is 90.6 Å². The molecular weight excluding hydrogens is 539 g/mol. The van der Waals surface area contributed by atoms with E-state index in [-0.39, 0.29) is 51.9 Å². The van der Waals surface area contributed by atoms with Gasteiger partial charge in [0, 0.05) is 25.2 Å². The van der Waals surface area contributed by atoms with Crippen molar-refractivity contribution in [2.75, 3.05) is 16.6 Å². The van der Waals surface area contributed by atoms with Gasteiger partial charge in [-0.3, -0.25) is 28.0 Å². The molecule has 40 heavy (non-hydrogen) atoms. The number of hydrogen-bond donors (Lipinski definition) is 3. The van der Waals surface area contributed by atoms with Crippen molar-refractivity contribution >= 4 is 38.3 Å². The molecule has 1 aliphatic carbocycles. The maximum absolute atomic E-state index is 14.9. The standard InChI is InChI=1S/C27H29FN6O5S/c1-5-29-40(38,39)31-17-7-6-8-19(14-17)33-23-16(3)25(35)32(4)24(30-21-12-9-15(2)13-20(21)28)22(23)26(36)34(27(33)37)18-10-11-18/h6-9,12-14,18,29-31H,5,10-11H2,1-4H3. The fourth-order valence-electron chi connectivity index (χ4n) is 4.79. The molecule has 0 radical (unpaired) electrons. The van der Waals surface area contributed by atoms with E-state index in [1.54, 1.807) is 32.0 Å². The van der Waals surface area contributed by atoms with Crippen LogP contribution in [0.4, 0.5) is 21.6 Å². The Morgan fingerprint density at radius 2 is 1.75 bits per heavy atom. The first-order valence-corrected chi connectivity index (χ1v) is 14.2. The smallest absolute Gasteiger partial charge is 0.336 e. The topological polar surface area (TPSA) is 136 Å². The zero-order chi connectivity index (χ0) is 28.9. The predicted octanol–water partition coefficient (Wildman–Crippen LogP) is 2.95.